The Morgan fingerprint density at radius 1 is 0.444 bits per heavy atom. The number of rotatable bonds is 0. The molecule has 0 aliphatic rings. The first kappa shape index (κ1) is 106. The Morgan fingerprint density at radius 2 is 0.444 bits per heavy atom. The molecule has 0 aliphatic carbocycles. The van der Waals surface area contributed by atoms with Crippen LogP contribution >= 0.6 is 0 Å². The van der Waals surface area contributed by atoms with E-state index >= 15 is 0 Å². The molecule has 0 aromatic rings. The molecule has 66 valence electrons. The number of hydrogen-bond donors (Lipinski definition) is 0. The van der Waals surface area contributed by atoms with E-state index < -0.39 is 0 Å². The van der Waals surface area contributed by atoms with Crippen LogP contribution in [0.15, 0.2) is 0 Å². The molecule has 0 heterocycles. The molecule has 0 rings (SSSR count). The van der Waals surface area contributed by atoms with Gasteiger partial charge in [0.15, 0.2) is 0 Å². The first-order valence-electron chi connectivity index (χ1n) is 0. The Hall–Kier alpha value is 4.43. The second-order valence-corrected chi connectivity index (χ2v) is 0. The van der Waals surface area contributed by atoms with Crippen molar-refractivity contribution in [2.24, 2.45) is 0 Å². The smallest absolute Gasteiger partial charge is 1.00 e. The molecule has 2 radical (unpaired) electrons. The topological polar surface area (TPSA) is 0 Å². The van der Waals surface area contributed by atoms with Gasteiger partial charge in [-0.2, -0.15) is 0 Å². The van der Waals surface area contributed by atoms with Gasteiger partial charge in [0.05, 0.1) is 0 Å². The second kappa shape index (κ2) is 82.8. The molecule has 9 heavy (non-hydrogen) atoms. The maximum Gasteiger partial charge on any atom is 2.00 e. The van der Waals surface area contributed by atoms with Gasteiger partial charge in [0.25, 0.3) is 0 Å². The summed E-state index contributed by atoms with van der Waals surface area (Å²) in [5, 5.41) is 0. The van der Waals surface area contributed by atoms with E-state index in [0.717, 1.165) is 0 Å². The van der Waals surface area contributed by atoms with Crippen molar-refractivity contribution in [3.8, 4) is 0 Å². The van der Waals surface area contributed by atoms with Crippen LogP contribution in [0.2, 0.25) is 0 Å². The molecule has 0 saturated carbocycles. The summed E-state index contributed by atoms with van der Waals surface area (Å²) in [7, 11) is 0. The van der Waals surface area contributed by atoms with Crippen LogP contribution in [0.5, 0.6) is 0 Å². The molecule has 0 fully saturated rings. The van der Waals surface area contributed by atoms with Gasteiger partial charge in [-0.15, -0.1) is 0 Å². The van der Waals surface area contributed by atoms with E-state index in [0.29, 0.717) is 0 Å². The average molecular weight is 649 g/mol. The summed E-state index contributed by atoms with van der Waals surface area (Å²) in [5.74, 6) is 0. The fourth-order valence-electron chi connectivity index (χ4n) is 0. The average Bonchev–Trinajstić information content (AvgIpc) is 0. The third-order valence-corrected chi connectivity index (χ3v) is 0. The molecule has 0 bridgehead atoms. The van der Waals surface area contributed by atoms with Crippen LogP contribution in [-0.4, -0.2) is 0 Å². The standard InChI is InChI=1S/6BrH.Co.Fe.Mn/h6*1H;;;/q;;;;;;3*+2/p-6. The minimum atomic E-state index is 0. The van der Waals surface area contributed by atoms with Crippen LogP contribution in [0.3, 0.4) is 0 Å². The third-order valence-electron chi connectivity index (χ3n) is 0. The van der Waals surface area contributed by atoms with E-state index in [1.807, 2.05) is 0 Å². The quantitative estimate of drug-likeness (QED) is 0.229. The molecule has 0 nitrogen and oxygen atoms in total. The summed E-state index contributed by atoms with van der Waals surface area (Å²) in [6, 6.07) is 0. The minimum absolute atomic E-state index is 0. The Kier molecular flexibility index (Phi) is 974. The molecule has 0 aliphatic heterocycles. The molecular weight excluding hydrogens is 649 g/mol. The van der Waals surface area contributed by atoms with Gasteiger partial charge in [0, 0.05) is 0 Å². The Labute approximate surface area is 150 Å². The van der Waals surface area contributed by atoms with Gasteiger partial charge in [0.1, 0.15) is 0 Å². The van der Waals surface area contributed by atoms with E-state index in [1.54, 1.807) is 0 Å². The van der Waals surface area contributed by atoms with Crippen molar-refractivity contribution in [3.05, 3.63) is 0 Å². The Balaban J connectivity index is 0. The summed E-state index contributed by atoms with van der Waals surface area (Å²) in [5.41, 5.74) is 0. The minimum Gasteiger partial charge on any atom is -1.00 e. The van der Waals surface area contributed by atoms with Gasteiger partial charge in [0.2, 0.25) is 0 Å². The zero-order valence-electron chi connectivity index (χ0n) is 3.33. The van der Waals surface area contributed by atoms with Gasteiger partial charge in [-0.25, -0.2) is 0 Å². The molecule has 0 aromatic heterocycles. The van der Waals surface area contributed by atoms with E-state index in [9.17, 15) is 0 Å². The monoisotopic (exact) mass is 643 g/mol. The summed E-state index contributed by atoms with van der Waals surface area (Å²) in [6.07, 6.45) is 0. The van der Waals surface area contributed by atoms with Crippen LogP contribution in [0.1, 0.15) is 0 Å². The molecule has 0 amide bonds. The van der Waals surface area contributed by atoms with E-state index in [-0.39, 0.29) is 153 Å². The van der Waals surface area contributed by atoms with Gasteiger partial charge in [-0.3, -0.25) is 0 Å². The number of hydrogen-bond acceptors (Lipinski definition) is 0. The fourth-order valence-corrected chi connectivity index (χ4v) is 0. The van der Waals surface area contributed by atoms with Gasteiger partial charge >= 0.3 is 50.9 Å². The van der Waals surface area contributed by atoms with Crippen molar-refractivity contribution in [1.29, 1.82) is 0 Å². The normalized spacial score (nSPS) is 0. The zero-order valence-corrected chi connectivity index (χ0v) is 16.2. The maximum absolute atomic E-state index is 0. The van der Waals surface area contributed by atoms with E-state index in [4.69, 9.17) is 0 Å². The molecule has 0 unspecified atom stereocenters. The molecule has 0 atom stereocenters. The van der Waals surface area contributed by atoms with Crippen molar-refractivity contribution in [3.63, 3.8) is 0 Å². The van der Waals surface area contributed by atoms with Crippen molar-refractivity contribution in [2.45, 2.75) is 0 Å². The van der Waals surface area contributed by atoms with Crippen LogP contribution in [-0.2, 0) is 50.9 Å². The van der Waals surface area contributed by atoms with Crippen molar-refractivity contribution in [1.82, 2.24) is 0 Å². The first-order valence-corrected chi connectivity index (χ1v) is 0. The Morgan fingerprint density at radius 3 is 0.444 bits per heavy atom. The maximum atomic E-state index is 0. The SMILES string of the molecule is [Br-].[Br-].[Br-].[Br-].[Br-].[Br-].[Co+2].[Fe+2].[Mn+2]. The second-order valence-electron chi connectivity index (χ2n) is 0. The van der Waals surface area contributed by atoms with E-state index in [1.165, 1.54) is 0 Å². The van der Waals surface area contributed by atoms with Gasteiger partial charge < -0.3 is 102 Å². The first-order chi connectivity index (χ1) is 0. The molecule has 0 aromatic carbocycles. The number of halogens is 6. The predicted molar refractivity (Wildman–Crippen MR) is 0 cm³/mol. The molecule has 0 N–H and O–H groups in total. The molecular formula is Br6CoFeMn. The summed E-state index contributed by atoms with van der Waals surface area (Å²) < 4.78 is 0. The molecule has 9 heteroatoms. The van der Waals surface area contributed by atoms with Crippen LogP contribution in [0.25, 0.3) is 0 Å². The summed E-state index contributed by atoms with van der Waals surface area (Å²) >= 11 is 0. The summed E-state index contributed by atoms with van der Waals surface area (Å²) in [6.45, 7) is 0. The summed E-state index contributed by atoms with van der Waals surface area (Å²) in [4.78, 5) is 0. The van der Waals surface area contributed by atoms with E-state index in [2.05, 4.69) is 0 Å². The predicted octanol–water partition coefficient (Wildman–Crippen LogP) is -18.0. The zero-order chi connectivity index (χ0) is 0. The Bertz CT molecular complexity index is 13.0. The van der Waals surface area contributed by atoms with Crippen LogP contribution in [0, 0.1) is 0 Å². The van der Waals surface area contributed by atoms with Gasteiger partial charge in [-0.1, -0.05) is 0 Å². The molecule has 0 saturated heterocycles. The molecule has 0 spiro atoms. The largest absolute Gasteiger partial charge is 2.00 e. The van der Waals surface area contributed by atoms with Crippen LogP contribution < -0.4 is 102 Å². The van der Waals surface area contributed by atoms with Crippen molar-refractivity contribution in [2.75, 3.05) is 0 Å². The fraction of sp³-hybridized carbons (Fsp3) is 0. The third kappa shape index (κ3) is 69.0. The van der Waals surface area contributed by atoms with Crippen LogP contribution in [0.4, 0.5) is 0 Å². The van der Waals surface area contributed by atoms with Crippen molar-refractivity contribution < 1.29 is 153 Å². The van der Waals surface area contributed by atoms with Gasteiger partial charge in [-0.05, 0) is 0 Å². The van der Waals surface area contributed by atoms with Crippen molar-refractivity contribution >= 4 is 0 Å².